The lowest BCUT2D eigenvalue weighted by Crippen LogP contribution is -2.28. The molecule has 0 N–H and O–H groups in total. The average Bonchev–Trinajstić information content (AvgIpc) is 3.09. The predicted octanol–water partition coefficient (Wildman–Crippen LogP) is 7.55. The summed E-state index contributed by atoms with van der Waals surface area (Å²) in [5.74, 6) is 0.226. The van der Waals surface area contributed by atoms with Gasteiger partial charge in [-0.25, -0.2) is 9.38 Å². The summed E-state index contributed by atoms with van der Waals surface area (Å²) in [4.78, 5) is 19.7. The molecule has 1 fully saturated rings. The van der Waals surface area contributed by atoms with E-state index in [1.807, 2.05) is 55.5 Å². The van der Waals surface area contributed by atoms with Crippen molar-refractivity contribution in [1.29, 1.82) is 0 Å². The number of rotatable bonds is 6. The van der Waals surface area contributed by atoms with E-state index in [-0.39, 0.29) is 11.7 Å². The molecule has 4 nitrogen and oxygen atoms in total. The van der Waals surface area contributed by atoms with Gasteiger partial charge in [-0.1, -0.05) is 44.0 Å². The van der Waals surface area contributed by atoms with Crippen LogP contribution in [0.4, 0.5) is 10.1 Å². The van der Waals surface area contributed by atoms with Crippen LogP contribution < -0.4 is 4.74 Å². The molecule has 3 aromatic rings. The highest BCUT2D eigenvalue weighted by atomic mass is 79.9. The van der Waals surface area contributed by atoms with Gasteiger partial charge in [0.15, 0.2) is 5.17 Å². The van der Waals surface area contributed by atoms with Crippen molar-refractivity contribution in [2.24, 2.45) is 4.99 Å². The first-order valence-electron chi connectivity index (χ1n) is 10.2. The first-order chi connectivity index (χ1) is 15.9. The molecule has 1 aliphatic rings. The van der Waals surface area contributed by atoms with Crippen LogP contribution in [0.1, 0.15) is 18.1 Å². The molecule has 1 amide bonds. The topological polar surface area (TPSA) is 41.9 Å². The number of ether oxygens (including phenoxy) is 1. The Morgan fingerprint density at radius 3 is 2.42 bits per heavy atom. The predicted molar refractivity (Wildman–Crippen MR) is 139 cm³/mol. The number of likely N-dealkylation sites (N-methyl/N-ethyl adjacent to an activating group) is 1. The Morgan fingerprint density at radius 2 is 1.73 bits per heavy atom. The van der Waals surface area contributed by atoms with Crippen molar-refractivity contribution in [3.63, 3.8) is 0 Å². The van der Waals surface area contributed by atoms with E-state index in [4.69, 9.17) is 4.74 Å². The molecule has 8 heteroatoms. The maximum atomic E-state index is 13.2. The quantitative estimate of drug-likeness (QED) is 0.279. The van der Waals surface area contributed by atoms with E-state index in [1.165, 1.54) is 23.9 Å². The highest BCUT2D eigenvalue weighted by Gasteiger charge is 2.32. The molecular weight excluding hydrogens is 571 g/mol. The summed E-state index contributed by atoms with van der Waals surface area (Å²) in [6.45, 7) is 2.78. The summed E-state index contributed by atoms with van der Waals surface area (Å²) in [5.41, 5.74) is 2.42. The molecule has 0 unspecified atom stereocenters. The van der Waals surface area contributed by atoms with Crippen molar-refractivity contribution >= 4 is 66.5 Å². The lowest BCUT2D eigenvalue weighted by atomic mass is 10.1. The fourth-order valence-electron chi connectivity index (χ4n) is 3.14. The van der Waals surface area contributed by atoms with Gasteiger partial charge in [0.2, 0.25) is 0 Å². The van der Waals surface area contributed by atoms with Crippen molar-refractivity contribution in [2.75, 3.05) is 6.54 Å². The molecule has 168 valence electrons. The van der Waals surface area contributed by atoms with E-state index in [9.17, 15) is 9.18 Å². The molecule has 33 heavy (non-hydrogen) atoms. The van der Waals surface area contributed by atoms with Crippen molar-refractivity contribution in [1.82, 2.24) is 4.90 Å². The van der Waals surface area contributed by atoms with Crippen LogP contribution in [0.5, 0.6) is 5.75 Å². The van der Waals surface area contributed by atoms with Gasteiger partial charge >= 0.3 is 0 Å². The fourth-order valence-corrected chi connectivity index (χ4v) is 4.84. The summed E-state index contributed by atoms with van der Waals surface area (Å²) in [5, 5.41) is 0.563. The van der Waals surface area contributed by atoms with Crippen molar-refractivity contribution in [3.8, 4) is 5.75 Å². The Hall–Kier alpha value is -2.42. The molecule has 3 aromatic carbocycles. The first kappa shape index (κ1) is 23.7. The zero-order valence-corrected chi connectivity index (χ0v) is 21.6. The van der Waals surface area contributed by atoms with E-state index in [2.05, 4.69) is 36.9 Å². The Bertz CT molecular complexity index is 1230. The van der Waals surface area contributed by atoms with Crippen molar-refractivity contribution in [3.05, 3.63) is 97.5 Å². The number of halogens is 3. The van der Waals surface area contributed by atoms with Gasteiger partial charge in [-0.05, 0) is 84.9 Å². The van der Waals surface area contributed by atoms with Crippen LogP contribution in [-0.2, 0) is 11.4 Å². The molecule has 0 spiro atoms. The molecule has 0 aromatic heterocycles. The van der Waals surface area contributed by atoms with Crippen LogP contribution in [0.15, 0.2) is 85.6 Å². The average molecular weight is 590 g/mol. The third-order valence-electron chi connectivity index (χ3n) is 4.82. The monoisotopic (exact) mass is 588 g/mol. The van der Waals surface area contributed by atoms with Crippen LogP contribution in [-0.4, -0.2) is 22.5 Å². The highest BCUT2D eigenvalue weighted by molar-refractivity contribution is 9.10. The number of carbonyl (C=O) groups is 1. The molecule has 0 aliphatic carbocycles. The number of thioether (sulfide) groups is 1. The standard InChI is InChI=1S/C25H19Br2FN2O2S/c1-2-30-24(31)23(33-25(30)29-21-10-8-20(28)9-11-21)14-17-13-19(27)7-12-22(17)32-15-16-3-5-18(26)6-4-16/h3-14H,2,15H2,1H3/b23-14+,29-25?. The van der Waals surface area contributed by atoms with Gasteiger partial charge in [0.05, 0.1) is 10.6 Å². The van der Waals surface area contributed by atoms with E-state index >= 15 is 0 Å². The van der Waals surface area contributed by atoms with E-state index < -0.39 is 0 Å². The van der Waals surface area contributed by atoms with Crippen LogP contribution in [0, 0.1) is 5.82 Å². The SMILES string of the molecule is CCN1C(=O)/C(=C\c2cc(Br)ccc2OCc2ccc(Br)cc2)SC1=Nc1ccc(F)cc1. The van der Waals surface area contributed by atoms with Gasteiger partial charge in [0, 0.05) is 21.1 Å². The number of hydrogen-bond donors (Lipinski definition) is 0. The van der Waals surface area contributed by atoms with Crippen LogP contribution >= 0.6 is 43.6 Å². The van der Waals surface area contributed by atoms with Gasteiger partial charge in [-0.2, -0.15) is 0 Å². The molecule has 1 heterocycles. The Labute approximate surface area is 212 Å². The molecule has 0 atom stereocenters. The van der Waals surface area contributed by atoms with E-state index in [0.29, 0.717) is 34.7 Å². The third-order valence-corrected chi connectivity index (χ3v) is 6.85. The lowest BCUT2D eigenvalue weighted by Gasteiger charge is -2.12. The van der Waals surface area contributed by atoms with Gasteiger partial charge < -0.3 is 4.74 Å². The normalized spacial score (nSPS) is 16.1. The second-order valence-corrected chi connectivity index (χ2v) is 9.97. The second kappa shape index (κ2) is 10.7. The fraction of sp³-hybridized carbons (Fsp3) is 0.120. The zero-order chi connectivity index (χ0) is 23.4. The number of amides is 1. The Kier molecular flexibility index (Phi) is 7.67. The van der Waals surface area contributed by atoms with E-state index in [1.54, 1.807) is 17.0 Å². The number of benzene rings is 3. The van der Waals surface area contributed by atoms with Gasteiger partial charge in [0.1, 0.15) is 18.2 Å². The maximum absolute atomic E-state index is 13.2. The van der Waals surface area contributed by atoms with E-state index in [0.717, 1.165) is 20.1 Å². The minimum Gasteiger partial charge on any atom is -0.488 e. The minimum absolute atomic E-state index is 0.123. The molecule has 4 rings (SSSR count). The van der Waals surface area contributed by atoms with Crippen molar-refractivity contribution < 1.29 is 13.9 Å². The first-order valence-corrected chi connectivity index (χ1v) is 12.6. The summed E-state index contributed by atoms with van der Waals surface area (Å²) < 4.78 is 21.2. The summed E-state index contributed by atoms with van der Waals surface area (Å²) in [6, 6.07) is 19.5. The van der Waals surface area contributed by atoms with Crippen LogP contribution in [0.2, 0.25) is 0 Å². The summed E-state index contributed by atoms with van der Waals surface area (Å²) >= 11 is 8.24. The Balaban J connectivity index is 1.60. The molecule has 0 saturated carbocycles. The Morgan fingerprint density at radius 1 is 1.03 bits per heavy atom. The number of amidine groups is 1. The molecule has 0 radical (unpaired) electrons. The second-order valence-electron chi connectivity index (χ2n) is 7.13. The smallest absolute Gasteiger partial charge is 0.266 e. The van der Waals surface area contributed by atoms with Crippen LogP contribution in [0.3, 0.4) is 0 Å². The van der Waals surface area contributed by atoms with Gasteiger partial charge in [-0.3, -0.25) is 9.69 Å². The van der Waals surface area contributed by atoms with Crippen LogP contribution in [0.25, 0.3) is 6.08 Å². The third kappa shape index (κ3) is 5.93. The largest absolute Gasteiger partial charge is 0.488 e. The number of aliphatic imine (C=N–C) groups is 1. The van der Waals surface area contributed by atoms with Crippen molar-refractivity contribution in [2.45, 2.75) is 13.5 Å². The maximum Gasteiger partial charge on any atom is 0.266 e. The molecule has 1 saturated heterocycles. The summed E-state index contributed by atoms with van der Waals surface area (Å²) in [7, 11) is 0. The number of hydrogen-bond acceptors (Lipinski definition) is 4. The number of carbonyl (C=O) groups excluding carboxylic acids is 1. The van der Waals surface area contributed by atoms with Gasteiger partial charge in [-0.15, -0.1) is 0 Å². The molecule has 0 bridgehead atoms. The lowest BCUT2D eigenvalue weighted by molar-refractivity contribution is -0.122. The molecule has 1 aliphatic heterocycles. The molecular formula is C25H19Br2FN2O2S. The number of nitrogens with zero attached hydrogens (tertiary/aromatic N) is 2. The zero-order valence-electron chi connectivity index (χ0n) is 17.6. The van der Waals surface area contributed by atoms with Gasteiger partial charge in [0.25, 0.3) is 5.91 Å². The minimum atomic E-state index is -0.327. The summed E-state index contributed by atoms with van der Waals surface area (Å²) in [6.07, 6.45) is 1.82. The highest BCUT2D eigenvalue weighted by Crippen LogP contribution is 2.36.